The summed E-state index contributed by atoms with van der Waals surface area (Å²) >= 11 is 0. The Morgan fingerprint density at radius 2 is 1.65 bits per heavy atom. The second-order valence-electron chi connectivity index (χ2n) is 10.5. The maximum atomic E-state index is 13.4. The van der Waals surface area contributed by atoms with E-state index in [4.69, 9.17) is 0 Å². The molecule has 0 radical (unpaired) electrons. The van der Waals surface area contributed by atoms with E-state index in [1.165, 1.54) is 11.1 Å². The molecule has 0 unspecified atom stereocenters. The van der Waals surface area contributed by atoms with Crippen molar-refractivity contribution in [1.29, 1.82) is 0 Å². The average Bonchev–Trinajstić information content (AvgIpc) is 3.68. The Balaban J connectivity index is 1.22. The molecule has 0 bridgehead atoms. The highest BCUT2D eigenvalue weighted by molar-refractivity contribution is 5.95. The summed E-state index contributed by atoms with van der Waals surface area (Å²) in [6.45, 7) is 6.77. The number of aryl methyl sites for hydroxylation is 1. The van der Waals surface area contributed by atoms with Gasteiger partial charge < -0.3 is 15.5 Å². The van der Waals surface area contributed by atoms with Crippen LogP contribution in [-0.2, 0) is 16.1 Å². The van der Waals surface area contributed by atoms with Gasteiger partial charge in [0.2, 0.25) is 11.8 Å². The Hall–Kier alpha value is -4.30. The van der Waals surface area contributed by atoms with E-state index in [1.807, 2.05) is 47.5 Å². The molecule has 2 aromatic carbocycles. The Bertz CT molecular complexity index is 1410. The number of nitrogens with zero attached hydrogens (tertiary/aromatic N) is 4. The molecule has 0 saturated carbocycles. The number of likely N-dealkylation sites (tertiary alicyclic amines) is 1. The van der Waals surface area contributed by atoms with Gasteiger partial charge in [-0.1, -0.05) is 67.1 Å². The summed E-state index contributed by atoms with van der Waals surface area (Å²) in [6, 6.07) is 21.4. The van der Waals surface area contributed by atoms with Gasteiger partial charge in [-0.05, 0) is 48.9 Å². The van der Waals surface area contributed by atoms with Crippen molar-refractivity contribution in [2.24, 2.45) is 0 Å². The molecule has 5 rings (SSSR count). The average molecular weight is 537 g/mol. The fraction of sp³-hybridized carbons (Fsp3) is 0.312. The minimum Gasteiger partial charge on any atom is -0.341 e. The normalized spacial score (nSPS) is 14.6. The van der Waals surface area contributed by atoms with Crippen molar-refractivity contribution in [3.63, 3.8) is 0 Å². The van der Waals surface area contributed by atoms with Gasteiger partial charge in [-0.3, -0.25) is 14.3 Å². The molecule has 2 aromatic heterocycles. The second kappa shape index (κ2) is 12.7. The van der Waals surface area contributed by atoms with Crippen LogP contribution in [0.15, 0.2) is 85.3 Å². The zero-order valence-corrected chi connectivity index (χ0v) is 23.1. The third kappa shape index (κ3) is 6.82. The number of benzene rings is 2. The van der Waals surface area contributed by atoms with E-state index in [0.29, 0.717) is 12.4 Å². The molecule has 1 aliphatic rings. The lowest BCUT2D eigenvalue weighted by molar-refractivity contribution is -0.131. The van der Waals surface area contributed by atoms with Gasteiger partial charge in [0.25, 0.3) is 0 Å². The maximum absolute atomic E-state index is 13.4. The van der Waals surface area contributed by atoms with E-state index in [2.05, 4.69) is 58.8 Å². The standard InChI is InChI=1S/C32H36N6O2/c1-23-10-12-25(13-11-23)24(2)18-34-31(26-8-4-3-5-9-26)32(40)36-29-15-14-27(19-33-29)28-20-35-38(21-28)22-30(39)37-16-6-7-17-37/h3-5,8-15,19-21,24,31,34H,6-7,16-18,22H2,1-2H3,(H,33,36,40)/t24-,31+/m1/s1. The fourth-order valence-corrected chi connectivity index (χ4v) is 4.96. The first kappa shape index (κ1) is 27.3. The van der Waals surface area contributed by atoms with Crippen molar-refractivity contribution >= 4 is 17.6 Å². The van der Waals surface area contributed by atoms with E-state index >= 15 is 0 Å². The van der Waals surface area contributed by atoms with Crippen molar-refractivity contribution < 1.29 is 9.59 Å². The van der Waals surface area contributed by atoms with Crippen LogP contribution in [0, 0.1) is 6.92 Å². The molecule has 1 aliphatic heterocycles. The number of anilines is 1. The topological polar surface area (TPSA) is 92.2 Å². The Labute approximate surface area is 235 Å². The predicted octanol–water partition coefficient (Wildman–Crippen LogP) is 4.95. The lowest BCUT2D eigenvalue weighted by atomic mass is 9.98. The number of amides is 2. The molecule has 0 aliphatic carbocycles. The number of hydrogen-bond acceptors (Lipinski definition) is 5. The number of carbonyl (C=O) groups is 2. The molecule has 4 aromatic rings. The molecule has 8 heteroatoms. The number of pyridine rings is 1. The van der Waals surface area contributed by atoms with Gasteiger partial charge in [-0.15, -0.1) is 0 Å². The zero-order chi connectivity index (χ0) is 27.9. The summed E-state index contributed by atoms with van der Waals surface area (Å²) in [7, 11) is 0. The summed E-state index contributed by atoms with van der Waals surface area (Å²) in [5.74, 6) is 0.636. The smallest absolute Gasteiger partial charge is 0.247 e. The minimum atomic E-state index is -0.526. The fourth-order valence-electron chi connectivity index (χ4n) is 4.96. The van der Waals surface area contributed by atoms with E-state index in [-0.39, 0.29) is 24.3 Å². The van der Waals surface area contributed by atoms with Crippen LogP contribution < -0.4 is 10.6 Å². The number of aromatic nitrogens is 3. The van der Waals surface area contributed by atoms with Gasteiger partial charge in [0.05, 0.1) is 6.20 Å². The first-order valence-electron chi connectivity index (χ1n) is 13.9. The van der Waals surface area contributed by atoms with Crippen molar-refractivity contribution in [3.05, 3.63) is 102 Å². The summed E-state index contributed by atoms with van der Waals surface area (Å²) in [5, 5.41) is 10.8. The number of nitrogens with one attached hydrogen (secondary N) is 2. The maximum Gasteiger partial charge on any atom is 0.247 e. The van der Waals surface area contributed by atoms with Gasteiger partial charge >= 0.3 is 0 Å². The van der Waals surface area contributed by atoms with Crippen molar-refractivity contribution in [1.82, 2.24) is 25.0 Å². The highest BCUT2D eigenvalue weighted by atomic mass is 16.2. The van der Waals surface area contributed by atoms with Gasteiger partial charge in [0.1, 0.15) is 18.4 Å². The summed E-state index contributed by atoms with van der Waals surface area (Å²) in [4.78, 5) is 32.2. The molecule has 2 amide bonds. The van der Waals surface area contributed by atoms with Crippen LogP contribution in [0.1, 0.15) is 48.4 Å². The minimum absolute atomic E-state index is 0.0955. The van der Waals surface area contributed by atoms with Crippen LogP contribution in [0.4, 0.5) is 5.82 Å². The molecule has 0 spiro atoms. The van der Waals surface area contributed by atoms with Crippen molar-refractivity contribution in [2.75, 3.05) is 25.0 Å². The molecule has 1 fully saturated rings. The molecule has 1 saturated heterocycles. The van der Waals surface area contributed by atoms with Crippen LogP contribution in [0.25, 0.3) is 11.1 Å². The Kier molecular flexibility index (Phi) is 8.66. The van der Waals surface area contributed by atoms with Crippen LogP contribution in [0.2, 0.25) is 0 Å². The van der Waals surface area contributed by atoms with Gasteiger partial charge in [0, 0.05) is 43.2 Å². The van der Waals surface area contributed by atoms with Gasteiger partial charge in [-0.2, -0.15) is 5.10 Å². The molecule has 2 atom stereocenters. The zero-order valence-electron chi connectivity index (χ0n) is 23.1. The molecular formula is C32H36N6O2. The SMILES string of the molecule is Cc1ccc([C@H](C)CN[C@H](C(=O)Nc2ccc(-c3cnn(CC(=O)N4CCCC4)c3)cn2)c2ccccc2)cc1. The first-order valence-corrected chi connectivity index (χ1v) is 13.9. The van der Waals surface area contributed by atoms with Crippen LogP contribution in [-0.4, -0.2) is 51.1 Å². The second-order valence-corrected chi connectivity index (χ2v) is 10.5. The molecule has 8 nitrogen and oxygen atoms in total. The lowest BCUT2D eigenvalue weighted by Gasteiger charge is -2.21. The third-order valence-corrected chi connectivity index (χ3v) is 7.41. The number of hydrogen-bond donors (Lipinski definition) is 2. The molecular weight excluding hydrogens is 500 g/mol. The van der Waals surface area contributed by atoms with Crippen LogP contribution in [0.3, 0.4) is 0 Å². The van der Waals surface area contributed by atoms with Gasteiger partial charge in [-0.25, -0.2) is 4.98 Å². The quantitative estimate of drug-likeness (QED) is 0.299. The predicted molar refractivity (Wildman–Crippen MR) is 157 cm³/mol. The molecule has 206 valence electrons. The number of carbonyl (C=O) groups excluding carboxylic acids is 2. The van der Waals surface area contributed by atoms with E-state index < -0.39 is 6.04 Å². The molecule has 2 N–H and O–H groups in total. The summed E-state index contributed by atoms with van der Waals surface area (Å²) in [6.07, 6.45) is 7.44. The van der Waals surface area contributed by atoms with Gasteiger partial charge in [0.15, 0.2) is 0 Å². The molecule has 3 heterocycles. The van der Waals surface area contributed by atoms with Crippen LogP contribution >= 0.6 is 0 Å². The highest BCUT2D eigenvalue weighted by Gasteiger charge is 2.22. The third-order valence-electron chi connectivity index (χ3n) is 7.41. The monoisotopic (exact) mass is 536 g/mol. The highest BCUT2D eigenvalue weighted by Crippen LogP contribution is 2.22. The largest absolute Gasteiger partial charge is 0.341 e. The lowest BCUT2D eigenvalue weighted by Crippen LogP contribution is -2.35. The number of rotatable bonds is 10. The van der Waals surface area contributed by atoms with E-state index in [1.54, 1.807) is 23.1 Å². The molecule has 40 heavy (non-hydrogen) atoms. The van der Waals surface area contributed by atoms with E-state index in [0.717, 1.165) is 42.6 Å². The summed E-state index contributed by atoms with van der Waals surface area (Å²) in [5.41, 5.74) is 5.08. The van der Waals surface area contributed by atoms with Crippen molar-refractivity contribution in [2.45, 2.75) is 45.2 Å². The Morgan fingerprint density at radius 1 is 0.900 bits per heavy atom. The van der Waals surface area contributed by atoms with Crippen molar-refractivity contribution in [3.8, 4) is 11.1 Å². The van der Waals surface area contributed by atoms with Crippen LogP contribution in [0.5, 0.6) is 0 Å². The Morgan fingerprint density at radius 3 is 2.35 bits per heavy atom. The first-order chi connectivity index (χ1) is 19.5. The summed E-state index contributed by atoms with van der Waals surface area (Å²) < 4.78 is 1.67. The van der Waals surface area contributed by atoms with E-state index in [9.17, 15) is 9.59 Å².